The van der Waals surface area contributed by atoms with Gasteiger partial charge in [-0.3, -0.25) is 14.6 Å². The fourth-order valence-corrected chi connectivity index (χ4v) is 4.89. The number of esters is 1. The van der Waals surface area contributed by atoms with Crippen LogP contribution in [0.25, 0.3) is 11.0 Å². The van der Waals surface area contributed by atoms with Gasteiger partial charge >= 0.3 is 5.97 Å². The van der Waals surface area contributed by atoms with Crippen LogP contribution in [-0.4, -0.2) is 53.7 Å². The van der Waals surface area contributed by atoms with Crippen LogP contribution in [0.1, 0.15) is 40.6 Å². The van der Waals surface area contributed by atoms with Gasteiger partial charge in [0.1, 0.15) is 22.8 Å². The first-order valence-electron chi connectivity index (χ1n) is 13.6. The SMILES string of the molecule is CCCOC(=O)c1ccc(Oc2c(C)oc3c(CN4CCN(Cc5ccccc5)CC4)c(O)ccc3c2=O)cc1. The Morgan fingerprint density at radius 1 is 0.925 bits per heavy atom. The summed E-state index contributed by atoms with van der Waals surface area (Å²) in [4.78, 5) is 30.2. The molecular formula is C32H34N2O6. The van der Waals surface area contributed by atoms with Gasteiger partial charge in [0, 0.05) is 39.3 Å². The van der Waals surface area contributed by atoms with Crippen molar-refractivity contribution in [3.63, 3.8) is 0 Å². The van der Waals surface area contributed by atoms with Crippen molar-refractivity contribution in [3.8, 4) is 17.2 Å². The minimum atomic E-state index is -0.403. The molecule has 1 aliphatic heterocycles. The molecule has 0 aliphatic carbocycles. The summed E-state index contributed by atoms with van der Waals surface area (Å²) in [5.41, 5.74) is 2.35. The number of rotatable bonds is 9. The Labute approximate surface area is 233 Å². The third-order valence-corrected chi connectivity index (χ3v) is 7.10. The lowest BCUT2D eigenvalue weighted by atomic mass is 10.1. The molecule has 8 heteroatoms. The second-order valence-electron chi connectivity index (χ2n) is 10.1. The van der Waals surface area contributed by atoms with Gasteiger partial charge in [-0.2, -0.15) is 0 Å². The number of nitrogens with zero attached hydrogens (tertiary/aromatic N) is 2. The van der Waals surface area contributed by atoms with E-state index in [-0.39, 0.29) is 16.9 Å². The van der Waals surface area contributed by atoms with Crippen LogP contribution in [0.3, 0.4) is 0 Å². The Morgan fingerprint density at radius 2 is 1.60 bits per heavy atom. The Hall–Kier alpha value is -4.14. The van der Waals surface area contributed by atoms with E-state index >= 15 is 0 Å². The number of aryl methyl sites for hydroxylation is 1. The van der Waals surface area contributed by atoms with Crippen LogP contribution in [0.2, 0.25) is 0 Å². The smallest absolute Gasteiger partial charge is 0.338 e. The van der Waals surface area contributed by atoms with Crippen LogP contribution in [0.5, 0.6) is 17.2 Å². The third kappa shape index (κ3) is 6.19. The molecule has 1 aliphatic rings. The largest absolute Gasteiger partial charge is 0.507 e. The van der Waals surface area contributed by atoms with Crippen molar-refractivity contribution in [1.82, 2.24) is 9.80 Å². The standard InChI is InChI=1S/C32H34N2O6/c1-3-19-38-32(37)24-9-11-25(12-10-24)40-30-22(2)39-31-26(29(30)36)13-14-28(35)27(31)21-34-17-15-33(16-18-34)20-23-7-5-4-6-8-23/h4-14,35H,3,15-21H2,1-2H3. The first kappa shape index (κ1) is 27.4. The molecule has 0 spiro atoms. The van der Waals surface area contributed by atoms with Gasteiger partial charge < -0.3 is 19.0 Å². The predicted octanol–water partition coefficient (Wildman–Crippen LogP) is 5.48. The fraction of sp³-hybridized carbons (Fsp3) is 0.312. The number of benzene rings is 3. The zero-order valence-corrected chi connectivity index (χ0v) is 22.9. The molecule has 0 atom stereocenters. The van der Waals surface area contributed by atoms with E-state index in [0.717, 1.165) is 39.1 Å². The van der Waals surface area contributed by atoms with Crippen molar-refractivity contribution in [2.24, 2.45) is 0 Å². The first-order chi connectivity index (χ1) is 19.4. The zero-order chi connectivity index (χ0) is 28.1. The topological polar surface area (TPSA) is 92.5 Å². The highest BCUT2D eigenvalue weighted by Gasteiger charge is 2.23. The average Bonchev–Trinajstić information content (AvgIpc) is 2.97. The molecule has 1 aromatic heterocycles. The Balaban J connectivity index is 1.31. The molecule has 0 unspecified atom stereocenters. The second kappa shape index (κ2) is 12.4. The number of hydrogen-bond acceptors (Lipinski definition) is 8. The number of phenols is 1. The summed E-state index contributed by atoms with van der Waals surface area (Å²) < 4.78 is 17.2. The summed E-state index contributed by atoms with van der Waals surface area (Å²) >= 11 is 0. The molecular weight excluding hydrogens is 508 g/mol. The van der Waals surface area contributed by atoms with E-state index in [1.165, 1.54) is 11.6 Å². The normalized spacial score (nSPS) is 14.3. The van der Waals surface area contributed by atoms with E-state index in [0.29, 0.717) is 46.8 Å². The molecule has 1 N–H and O–H groups in total. The fourth-order valence-electron chi connectivity index (χ4n) is 4.89. The van der Waals surface area contributed by atoms with Crippen molar-refractivity contribution >= 4 is 16.9 Å². The number of carbonyl (C=O) groups is 1. The predicted molar refractivity (Wildman–Crippen MR) is 153 cm³/mol. The number of ether oxygens (including phenoxy) is 2. The maximum Gasteiger partial charge on any atom is 0.338 e. The molecule has 40 heavy (non-hydrogen) atoms. The van der Waals surface area contributed by atoms with Gasteiger partial charge in [0.05, 0.1) is 23.1 Å². The van der Waals surface area contributed by atoms with Crippen LogP contribution in [0, 0.1) is 6.92 Å². The lowest BCUT2D eigenvalue weighted by Gasteiger charge is -2.34. The summed E-state index contributed by atoms with van der Waals surface area (Å²) in [5.74, 6) is 0.471. The van der Waals surface area contributed by atoms with Gasteiger partial charge in [-0.25, -0.2) is 4.79 Å². The second-order valence-corrected chi connectivity index (χ2v) is 10.1. The molecule has 2 heterocycles. The number of phenolic OH excluding ortho intramolecular Hbond substituents is 1. The van der Waals surface area contributed by atoms with Gasteiger partial charge in [0.15, 0.2) is 0 Å². The molecule has 8 nitrogen and oxygen atoms in total. The summed E-state index contributed by atoms with van der Waals surface area (Å²) in [5, 5.41) is 11.1. The molecule has 0 radical (unpaired) electrons. The van der Waals surface area contributed by atoms with Crippen LogP contribution in [0.4, 0.5) is 0 Å². The van der Waals surface area contributed by atoms with E-state index in [1.54, 1.807) is 37.3 Å². The Kier molecular flexibility index (Phi) is 8.48. The third-order valence-electron chi connectivity index (χ3n) is 7.10. The van der Waals surface area contributed by atoms with Crippen LogP contribution in [-0.2, 0) is 17.8 Å². The Morgan fingerprint density at radius 3 is 2.27 bits per heavy atom. The number of fused-ring (bicyclic) bond motifs is 1. The molecule has 0 saturated carbocycles. The summed E-state index contributed by atoms with van der Waals surface area (Å²) in [6.45, 7) is 8.86. The molecule has 4 aromatic rings. The lowest BCUT2D eigenvalue weighted by molar-refractivity contribution is 0.0505. The monoisotopic (exact) mass is 542 g/mol. The average molecular weight is 543 g/mol. The van der Waals surface area contributed by atoms with Gasteiger partial charge in [0.2, 0.25) is 11.2 Å². The van der Waals surface area contributed by atoms with Crippen molar-refractivity contribution in [2.45, 2.75) is 33.4 Å². The van der Waals surface area contributed by atoms with Crippen molar-refractivity contribution in [3.05, 3.63) is 99.4 Å². The summed E-state index contributed by atoms with van der Waals surface area (Å²) in [7, 11) is 0. The van der Waals surface area contributed by atoms with E-state index < -0.39 is 5.97 Å². The molecule has 1 fully saturated rings. The van der Waals surface area contributed by atoms with E-state index in [2.05, 4.69) is 34.1 Å². The number of aromatic hydroxyl groups is 1. The van der Waals surface area contributed by atoms with Crippen molar-refractivity contribution < 1.29 is 23.8 Å². The number of carbonyl (C=O) groups excluding carboxylic acids is 1. The minimum Gasteiger partial charge on any atom is -0.507 e. The van der Waals surface area contributed by atoms with Crippen LogP contribution in [0.15, 0.2) is 75.9 Å². The molecule has 208 valence electrons. The van der Waals surface area contributed by atoms with Gasteiger partial charge in [0.25, 0.3) is 0 Å². The minimum absolute atomic E-state index is 0.0694. The van der Waals surface area contributed by atoms with Crippen LogP contribution >= 0.6 is 0 Å². The van der Waals surface area contributed by atoms with E-state index in [4.69, 9.17) is 13.9 Å². The quantitative estimate of drug-likeness (QED) is 0.278. The van der Waals surface area contributed by atoms with E-state index in [9.17, 15) is 14.7 Å². The highest BCUT2D eigenvalue weighted by Crippen LogP contribution is 2.32. The highest BCUT2D eigenvalue weighted by molar-refractivity contribution is 5.89. The summed E-state index contributed by atoms with van der Waals surface area (Å²) in [6, 6.07) is 20.0. The molecule has 0 amide bonds. The highest BCUT2D eigenvalue weighted by atomic mass is 16.5. The first-order valence-corrected chi connectivity index (χ1v) is 13.6. The number of hydrogen-bond donors (Lipinski definition) is 1. The van der Waals surface area contributed by atoms with Crippen LogP contribution < -0.4 is 10.2 Å². The molecule has 0 bridgehead atoms. The number of piperazine rings is 1. The van der Waals surface area contributed by atoms with E-state index in [1.807, 2.05) is 13.0 Å². The van der Waals surface area contributed by atoms with Gasteiger partial charge in [-0.05, 0) is 55.3 Å². The molecule has 3 aromatic carbocycles. The lowest BCUT2D eigenvalue weighted by Crippen LogP contribution is -2.45. The Bertz CT molecular complexity index is 1520. The molecule has 5 rings (SSSR count). The maximum atomic E-state index is 13.5. The molecule has 1 saturated heterocycles. The summed E-state index contributed by atoms with van der Waals surface area (Å²) in [6.07, 6.45) is 0.745. The van der Waals surface area contributed by atoms with Gasteiger partial charge in [-0.15, -0.1) is 0 Å². The van der Waals surface area contributed by atoms with Crippen molar-refractivity contribution in [1.29, 1.82) is 0 Å². The maximum absolute atomic E-state index is 13.5. The van der Waals surface area contributed by atoms with Gasteiger partial charge in [-0.1, -0.05) is 37.3 Å². The zero-order valence-electron chi connectivity index (χ0n) is 22.9. The van der Waals surface area contributed by atoms with Crippen molar-refractivity contribution in [2.75, 3.05) is 32.8 Å².